The van der Waals surface area contributed by atoms with E-state index in [0.717, 1.165) is 22.9 Å². The van der Waals surface area contributed by atoms with Gasteiger partial charge in [-0.25, -0.2) is 9.97 Å². The smallest absolute Gasteiger partial charge is 0.134 e. The standard InChI is InChI=1S/C16H20N4O/c1-11-8-15(19-16(18-11)12-5-6-12)20(2)10-14(21)13-4-3-7-17-9-13/h3-4,7-9,12,14,21H,5-6,10H2,1-2H3. The van der Waals surface area contributed by atoms with Crippen LogP contribution in [-0.4, -0.2) is 33.7 Å². The van der Waals surface area contributed by atoms with E-state index in [2.05, 4.69) is 15.0 Å². The zero-order valence-electron chi connectivity index (χ0n) is 12.4. The Morgan fingerprint density at radius 3 is 2.86 bits per heavy atom. The van der Waals surface area contributed by atoms with Gasteiger partial charge in [-0.1, -0.05) is 6.07 Å². The maximum absolute atomic E-state index is 10.3. The lowest BCUT2D eigenvalue weighted by Gasteiger charge is -2.22. The number of rotatable bonds is 5. The zero-order chi connectivity index (χ0) is 14.8. The molecule has 0 aliphatic heterocycles. The Hall–Kier alpha value is -2.01. The van der Waals surface area contributed by atoms with Gasteiger partial charge in [0.1, 0.15) is 11.6 Å². The Kier molecular flexibility index (Phi) is 3.84. The highest BCUT2D eigenvalue weighted by Gasteiger charge is 2.27. The molecule has 1 unspecified atom stereocenters. The molecule has 1 saturated carbocycles. The van der Waals surface area contributed by atoms with Gasteiger partial charge < -0.3 is 10.0 Å². The van der Waals surface area contributed by atoms with Crippen LogP contribution in [0.25, 0.3) is 0 Å². The maximum atomic E-state index is 10.3. The second-order valence-electron chi connectivity index (χ2n) is 5.68. The molecule has 3 rings (SSSR count). The fourth-order valence-corrected chi connectivity index (χ4v) is 2.33. The first-order valence-corrected chi connectivity index (χ1v) is 7.28. The molecular weight excluding hydrogens is 264 g/mol. The molecule has 0 saturated heterocycles. The van der Waals surface area contributed by atoms with Crippen molar-refractivity contribution in [1.82, 2.24) is 15.0 Å². The Morgan fingerprint density at radius 1 is 1.38 bits per heavy atom. The van der Waals surface area contributed by atoms with Gasteiger partial charge in [0.05, 0.1) is 6.10 Å². The molecule has 21 heavy (non-hydrogen) atoms. The van der Waals surface area contributed by atoms with Crippen LogP contribution in [0.4, 0.5) is 5.82 Å². The first kappa shape index (κ1) is 13.9. The number of aryl methyl sites for hydroxylation is 1. The fourth-order valence-electron chi connectivity index (χ4n) is 2.33. The van der Waals surface area contributed by atoms with Crippen LogP contribution < -0.4 is 4.90 Å². The summed E-state index contributed by atoms with van der Waals surface area (Å²) in [7, 11) is 1.94. The van der Waals surface area contributed by atoms with E-state index in [0.29, 0.717) is 12.5 Å². The molecule has 2 aromatic heterocycles. The highest BCUT2D eigenvalue weighted by atomic mass is 16.3. The average molecular weight is 284 g/mol. The quantitative estimate of drug-likeness (QED) is 0.912. The Labute approximate surface area is 124 Å². The summed E-state index contributed by atoms with van der Waals surface area (Å²) in [6, 6.07) is 5.67. The molecular formula is C16H20N4O. The molecule has 0 aromatic carbocycles. The van der Waals surface area contributed by atoms with Crippen LogP contribution in [0, 0.1) is 6.92 Å². The number of aromatic nitrogens is 3. The predicted molar refractivity (Wildman–Crippen MR) is 81.2 cm³/mol. The minimum absolute atomic E-state index is 0.478. The van der Waals surface area contributed by atoms with Crippen molar-refractivity contribution in [3.05, 3.63) is 47.7 Å². The molecule has 1 fully saturated rings. The number of hydrogen-bond acceptors (Lipinski definition) is 5. The molecule has 0 amide bonds. The van der Waals surface area contributed by atoms with E-state index >= 15 is 0 Å². The summed E-state index contributed by atoms with van der Waals surface area (Å²) in [5.41, 5.74) is 1.79. The van der Waals surface area contributed by atoms with Gasteiger partial charge >= 0.3 is 0 Å². The van der Waals surface area contributed by atoms with E-state index in [-0.39, 0.29) is 0 Å². The molecule has 2 heterocycles. The van der Waals surface area contributed by atoms with E-state index in [9.17, 15) is 5.11 Å². The van der Waals surface area contributed by atoms with Crippen molar-refractivity contribution in [2.24, 2.45) is 0 Å². The number of hydrogen-bond donors (Lipinski definition) is 1. The number of anilines is 1. The largest absolute Gasteiger partial charge is 0.386 e. The van der Waals surface area contributed by atoms with Crippen molar-refractivity contribution in [3.63, 3.8) is 0 Å². The summed E-state index contributed by atoms with van der Waals surface area (Å²) in [6.07, 6.45) is 5.19. The van der Waals surface area contributed by atoms with Crippen LogP contribution >= 0.6 is 0 Å². The van der Waals surface area contributed by atoms with Crippen LogP contribution in [0.15, 0.2) is 30.6 Å². The summed E-state index contributed by atoms with van der Waals surface area (Å²) >= 11 is 0. The maximum Gasteiger partial charge on any atom is 0.134 e. The third kappa shape index (κ3) is 3.36. The summed E-state index contributed by atoms with van der Waals surface area (Å²) in [5.74, 6) is 2.33. The molecule has 1 N–H and O–H groups in total. The van der Waals surface area contributed by atoms with Gasteiger partial charge in [-0.05, 0) is 25.8 Å². The molecule has 1 atom stereocenters. The van der Waals surface area contributed by atoms with Crippen molar-refractivity contribution in [2.75, 3.05) is 18.5 Å². The lowest BCUT2D eigenvalue weighted by atomic mass is 10.1. The molecule has 0 bridgehead atoms. The van der Waals surface area contributed by atoms with Gasteiger partial charge in [0, 0.05) is 49.2 Å². The second-order valence-corrected chi connectivity index (χ2v) is 5.68. The SMILES string of the molecule is Cc1cc(N(C)CC(O)c2cccnc2)nc(C2CC2)n1. The van der Waals surface area contributed by atoms with Crippen molar-refractivity contribution < 1.29 is 5.11 Å². The lowest BCUT2D eigenvalue weighted by Crippen LogP contribution is -2.25. The van der Waals surface area contributed by atoms with E-state index in [1.165, 1.54) is 12.8 Å². The van der Waals surface area contributed by atoms with E-state index < -0.39 is 6.10 Å². The minimum atomic E-state index is -0.580. The average Bonchev–Trinajstić information content (AvgIpc) is 3.32. The summed E-state index contributed by atoms with van der Waals surface area (Å²) in [4.78, 5) is 15.1. The van der Waals surface area contributed by atoms with Gasteiger partial charge in [0.2, 0.25) is 0 Å². The monoisotopic (exact) mass is 284 g/mol. The Morgan fingerprint density at radius 2 is 2.19 bits per heavy atom. The van der Waals surface area contributed by atoms with Gasteiger partial charge in [-0.3, -0.25) is 4.98 Å². The summed E-state index contributed by atoms with van der Waals surface area (Å²) in [6.45, 7) is 2.47. The Bertz CT molecular complexity index is 613. The molecule has 1 aliphatic rings. The molecule has 5 heteroatoms. The third-order valence-corrected chi connectivity index (χ3v) is 3.71. The van der Waals surface area contributed by atoms with Crippen molar-refractivity contribution in [1.29, 1.82) is 0 Å². The normalized spacial score (nSPS) is 15.8. The van der Waals surface area contributed by atoms with Crippen molar-refractivity contribution in [3.8, 4) is 0 Å². The molecule has 0 spiro atoms. The van der Waals surface area contributed by atoms with Crippen LogP contribution in [0.5, 0.6) is 0 Å². The molecule has 1 aliphatic carbocycles. The predicted octanol–water partition coefficient (Wildman–Crippen LogP) is 2.23. The van der Waals surface area contributed by atoms with E-state index in [1.807, 2.05) is 37.1 Å². The number of aliphatic hydroxyl groups excluding tert-OH is 1. The van der Waals surface area contributed by atoms with Crippen molar-refractivity contribution in [2.45, 2.75) is 31.8 Å². The molecule has 0 radical (unpaired) electrons. The van der Waals surface area contributed by atoms with Gasteiger partial charge in [0.15, 0.2) is 0 Å². The van der Waals surface area contributed by atoms with E-state index in [4.69, 9.17) is 0 Å². The van der Waals surface area contributed by atoms with Gasteiger partial charge in [0.25, 0.3) is 0 Å². The number of nitrogens with zero attached hydrogens (tertiary/aromatic N) is 4. The molecule has 5 nitrogen and oxygen atoms in total. The van der Waals surface area contributed by atoms with Gasteiger partial charge in [-0.2, -0.15) is 0 Å². The topological polar surface area (TPSA) is 62.1 Å². The lowest BCUT2D eigenvalue weighted by molar-refractivity contribution is 0.184. The van der Waals surface area contributed by atoms with Crippen LogP contribution in [0.2, 0.25) is 0 Å². The fraction of sp³-hybridized carbons (Fsp3) is 0.438. The van der Waals surface area contributed by atoms with Crippen LogP contribution in [0.3, 0.4) is 0 Å². The molecule has 2 aromatic rings. The Balaban J connectivity index is 1.74. The second kappa shape index (κ2) is 5.77. The summed E-state index contributed by atoms with van der Waals surface area (Å²) < 4.78 is 0. The van der Waals surface area contributed by atoms with Crippen molar-refractivity contribution >= 4 is 5.82 Å². The highest BCUT2D eigenvalue weighted by Crippen LogP contribution is 2.38. The van der Waals surface area contributed by atoms with Crippen LogP contribution in [0.1, 0.15) is 41.9 Å². The van der Waals surface area contributed by atoms with E-state index in [1.54, 1.807) is 12.4 Å². The van der Waals surface area contributed by atoms with Gasteiger partial charge in [-0.15, -0.1) is 0 Å². The first-order chi connectivity index (χ1) is 10.1. The summed E-state index contributed by atoms with van der Waals surface area (Å²) in [5, 5.41) is 10.3. The zero-order valence-corrected chi connectivity index (χ0v) is 12.4. The third-order valence-electron chi connectivity index (χ3n) is 3.71. The minimum Gasteiger partial charge on any atom is -0.386 e. The first-order valence-electron chi connectivity index (χ1n) is 7.28. The molecule has 110 valence electrons. The number of aliphatic hydroxyl groups is 1. The van der Waals surface area contributed by atoms with Crippen LogP contribution in [-0.2, 0) is 0 Å². The number of likely N-dealkylation sites (N-methyl/N-ethyl adjacent to an activating group) is 1. The highest BCUT2D eigenvalue weighted by molar-refractivity contribution is 5.40. The number of pyridine rings is 1.